The zero-order valence-electron chi connectivity index (χ0n) is 13.3. The van der Waals surface area contributed by atoms with Crippen molar-refractivity contribution in [2.24, 2.45) is 7.05 Å². The van der Waals surface area contributed by atoms with E-state index in [1.54, 1.807) is 0 Å². The number of halogens is 1. The van der Waals surface area contributed by atoms with Gasteiger partial charge in [-0.2, -0.15) is 4.57 Å². The number of benzene rings is 3. The van der Waals surface area contributed by atoms with Gasteiger partial charge in [-0.1, -0.05) is 48.0 Å². The molecule has 4 aromatic rings. The Morgan fingerprint density at radius 1 is 0.652 bits per heavy atom. The first-order valence-corrected chi connectivity index (χ1v) is 7.62. The zero-order valence-corrected chi connectivity index (χ0v) is 14.0. The van der Waals surface area contributed by atoms with Crippen LogP contribution >= 0.6 is 0 Å². The topological polar surface area (TPSA) is 3.88 Å². The molecule has 0 saturated heterocycles. The predicted molar refractivity (Wildman–Crippen MR) is 92.8 cm³/mol. The first-order chi connectivity index (χ1) is 10.8. The number of para-hydroxylation sites is 1. The van der Waals surface area contributed by atoms with Crippen LogP contribution < -0.4 is 17.0 Å². The smallest absolute Gasteiger partial charge is 0.220 e. The Balaban J connectivity index is 0.00000156. The molecule has 0 N–H and O–H groups in total. The van der Waals surface area contributed by atoms with E-state index in [4.69, 9.17) is 0 Å². The fraction of sp³-hybridized carbons (Fsp3) is 0.0952. The molecule has 0 amide bonds. The highest BCUT2D eigenvalue weighted by Gasteiger charge is 2.19. The van der Waals surface area contributed by atoms with E-state index < -0.39 is 0 Å². The summed E-state index contributed by atoms with van der Waals surface area (Å²) >= 11 is 0. The normalized spacial score (nSPS) is 10.7. The van der Waals surface area contributed by atoms with Gasteiger partial charge in [0.05, 0.1) is 10.8 Å². The highest BCUT2D eigenvalue weighted by Crippen LogP contribution is 2.30. The van der Waals surface area contributed by atoms with Gasteiger partial charge in [-0.15, -0.1) is 0 Å². The summed E-state index contributed by atoms with van der Waals surface area (Å²) in [6.45, 7) is 2.13. The molecule has 0 spiro atoms. The lowest BCUT2D eigenvalue weighted by Crippen LogP contribution is -3.00. The molecule has 0 atom stereocenters. The molecule has 0 aliphatic rings. The Morgan fingerprint density at radius 3 is 1.91 bits per heavy atom. The highest BCUT2D eigenvalue weighted by atomic mass is 35.5. The molecule has 0 aliphatic heterocycles. The van der Waals surface area contributed by atoms with Crippen LogP contribution in [0, 0.1) is 6.92 Å². The second-order valence-corrected chi connectivity index (χ2v) is 5.84. The monoisotopic (exact) mass is 319 g/mol. The molecule has 23 heavy (non-hydrogen) atoms. The molecule has 1 heterocycles. The number of hydrogen-bond acceptors (Lipinski definition) is 0. The maximum Gasteiger partial charge on any atom is 0.220 e. The third kappa shape index (κ3) is 2.47. The number of aryl methyl sites for hydroxylation is 2. The number of fused-ring (bicyclic) bond motifs is 3. The van der Waals surface area contributed by atoms with Crippen molar-refractivity contribution in [2.75, 3.05) is 0 Å². The van der Waals surface area contributed by atoms with Gasteiger partial charge in [0, 0.05) is 17.0 Å². The summed E-state index contributed by atoms with van der Waals surface area (Å²) < 4.78 is 2.31. The molecule has 3 aromatic carbocycles. The van der Waals surface area contributed by atoms with Gasteiger partial charge in [-0.3, -0.25) is 0 Å². The molecule has 0 aliphatic carbocycles. The van der Waals surface area contributed by atoms with Crippen LogP contribution in [0.2, 0.25) is 0 Å². The molecule has 2 heteroatoms. The Kier molecular flexibility index (Phi) is 4.06. The summed E-state index contributed by atoms with van der Waals surface area (Å²) in [6, 6.07) is 26.1. The molecule has 1 aromatic heterocycles. The van der Waals surface area contributed by atoms with Gasteiger partial charge in [0.25, 0.3) is 0 Å². The van der Waals surface area contributed by atoms with Crippen molar-refractivity contribution in [3.05, 3.63) is 78.4 Å². The van der Waals surface area contributed by atoms with Crippen molar-refractivity contribution >= 4 is 21.7 Å². The molecule has 0 radical (unpaired) electrons. The van der Waals surface area contributed by atoms with Crippen molar-refractivity contribution in [3.8, 4) is 11.3 Å². The van der Waals surface area contributed by atoms with E-state index in [1.165, 1.54) is 38.5 Å². The third-order valence-corrected chi connectivity index (χ3v) is 4.40. The Labute approximate surface area is 142 Å². The van der Waals surface area contributed by atoms with Gasteiger partial charge in [0.1, 0.15) is 7.05 Å². The van der Waals surface area contributed by atoms with Crippen molar-refractivity contribution in [2.45, 2.75) is 6.92 Å². The van der Waals surface area contributed by atoms with Crippen molar-refractivity contribution < 1.29 is 17.0 Å². The van der Waals surface area contributed by atoms with E-state index in [2.05, 4.69) is 91.3 Å². The molecule has 0 unspecified atom stereocenters. The lowest BCUT2D eigenvalue weighted by atomic mass is 9.99. The largest absolute Gasteiger partial charge is 1.00 e. The van der Waals surface area contributed by atoms with Crippen molar-refractivity contribution in [3.63, 3.8) is 0 Å². The number of nitrogens with zero attached hydrogens (tertiary/aromatic N) is 1. The third-order valence-electron chi connectivity index (χ3n) is 4.40. The molecule has 1 nitrogen and oxygen atoms in total. The summed E-state index contributed by atoms with van der Waals surface area (Å²) in [7, 11) is 2.16. The van der Waals surface area contributed by atoms with Crippen LogP contribution in [0.3, 0.4) is 0 Å². The van der Waals surface area contributed by atoms with Crippen LogP contribution in [0.4, 0.5) is 0 Å². The number of pyridine rings is 1. The highest BCUT2D eigenvalue weighted by molar-refractivity contribution is 6.08. The summed E-state index contributed by atoms with van der Waals surface area (Å²) in [5, 5.41) is 3.91. The van der Waals surface area contributed by atoms with Gasteiger partial charge in [0.2, 0.25) is 11.2 Å². The van der Waals surface area contributed by atoms with E-state index in [9.17, 15) is 0 Å². The van der Waals surface area contributed by atoms with Gasteiger partial charge in [0.15, 0.2) is 0 Å². The van der Waals surface area contributed by atoms with E-state index in [-0.39, 0.29) is 12.4 Å². The lowest BCUT2D eigenvalue weighted by Gasteiger charge is -2.09. The number of rotatable bonds is 1. The Morgan fingerprint density at radius 2 is 1.22 bits per heavy atom. The fourth-order valence-corrected chi connectivity index (χ4v) is 3.28. The first kappa shape index (κ1) is 15.5. The van der Waals surface area contributed by atoms with Crippen molar-refractivity contribution in [1.29, 1.82) is 0 Å². The van der Waals surface area contributed by atoms with Gasteiger partial charge in [-0.25, -0.2) is 0 Å². The van der Waals surface area contributed by atoms with E-state index in [0.29, 0.717) is 0 Å². The molecule has 0 bridgehead atoms. The average molecular weight is 320 g/mol. The molecule has 4 rings (SSSR count). The molecular weight excluding hydrogens is 302 g/mol. The summed E-state index contributed by atoms with van der Waals surface area (Å²) in [5.41, 5.74) is 5.08. The average Bonchev–Trinajstić information content (AvgIpc) is 2.57. The Hall–Kier alpha value is -2.38. The SMILES string of the molecule is Cc1ccc(-c2c3ccccc3c3ccccc3[n+]2C)cc1.[Cl-]. The minimum absolute atomic E-state index is 0. The molecular formula is C21H18ClN. The zero-order chi connectivity index (χ0) is 15.1. The van der Waals surface area contributed by atoms with Crippen molar-refractivity contribution in [1.82, 2.24) is 0 Å². The van der Waals surface area contributed by atoms with Crippen LogP contribution in [-0.4, -0.2) is 0 Å². The molecule has 114 valence electrons. The molecule has 0 fully saturated rings. The maximum absolute atomic E-state index is 2.31. The van der Waals surface area contributed by atoms with E-state index >= 15 is 0 Å². The van der Waals surface area contributed by atoms with Crippen LogP contribution in [0.15, 0.2) is 72.8 Å². The predicted octanol–water partition coefficient (Wildman–Crippen LogP) is 1.80. The summed E-state index contributed by atoms with van der Waals surface area (Å²) in [4.78, 5) is 0. The standard InChI is InChI=1S/C21H18N.ClH/c1-15-11-13-16(14-12-15)21-19-9-4-3-7-17(19)18-8-5-6-10-20(18)22(21)2;/h3-14H,1-2H3;1H/q+1;/p-1. The second kappa shape index (κ2) is 6.02. The van der Waals surface area contributed by atoms with Gasteiger partial charge >= 0.3 is 0 Å². The lowest BCUT2D eigenvalue weighted by molar-refractivity contribution is -0.632. The van der Waals surface area contributed by atoms with Gasteiger partial charge < -0.3 is 12.4 Å². The Bertz CT molecular complexity index is 988. The first-order valence-electron chi connectivity index (χ1n) is 7.62. The van der Waals surface area contributed by atoms with E-state index in [1.807, 2.05) is 0 Å². The summed E-state index contributed by atoms with van der Waals surface area (Å²) in [6.07, 6.45) is 0. The van der Waals surface area contributed by atoms with Crippen LogP contribution in [0.1, 0.15) is 5.56 Å². The number of aromatic nitrogens is 1. The minimum atomic E-state index is 0. The number of hydrogen-bond donors (Lipinski definition) is 0. The molecule has 0 saturated carbocycles. The van der Waals surface area contributed by atoms with Crippen LogP contribution in [0.5, 0.6) is 0 Å². The van der Waals surface area contributed by atoms with Gasteiger partial charge in [-0.05, 0) is 31.2 Å². The minimum Gasteiger partial charge on any atom is -1.00 e. The maximum atomic E-state index is 2.31. The second-order valence-electron chi connectivity index (χ2n) is 5.84. The fourth-order valence-electron chi connectivity index (χ4n) is 3.28. The van der Waals surface area contributed by atoms with E-state index in [0.717, 1.165) is 0 Å². The van der Waals surface area contributed by atoms with Crippen LogP contribution in [0.25, 0.3) is 32.9 Å². The van der Waals surface area contributed by atoms with Crippen LogP contribution in [-0.2, 0) is 7.05 Å². The quantitative estimate of drug-likeness (QED) is 0.372. The summed E-state index contributed by atoms with van der Waals surface area (Å²) in [5.74, 6) is 0.